The van der Waals surface area contributed by atoms with Crippen molar-refractivity contribution in [1.29, 1.82) is 0 Å². The van der Waals surface area contributed by atoms with Crippen molar-refractivity contribution in [2.45, 2.75) is 0 Å². The van der Waals surface area contributed by atoms with E-state index >= 15 is 0 Å². The normalized spacial score (nSPS) is 12.5. The first-order valence-corrected chi connectivity index (χ1v) is 4.88. The summed E-state index contributed by atoms with van der Waals surface area (Å²) in [6, 6.07) is 0. The Kier molecular flexibility index (Phi) is 1.82. The van der Waals surface area contributed by atoms with Gasteiger partial charge < -0.3 is 0 Å². The Balaban J connectivity index is 2.54. The Hall–Kier alpha value is -0.750. The van der Waals surface area contributed by atoms with Gasteiger partial charge in [0, 0.05) is 18.6 Å². The van der Waals surface area contributed by atoms with Crippen molar-refractivity contribution in [3.8, 4) is 5.95 Å². The van der Waals surface area contributed by atoms with Gasteiger partial charge in [-0.15, -0.1) is 0 Å². The zero-order valence-corrected chi connectivity index (χ0v) is 9.37. The van der Waals surface area contributed by atoms with Crippen molar-refractivity contribution >= 4 is 31.9 Å². The number of nitrogens with zero attached hydrogens (tertiary/aromatic N) is 4. The third kappa shape index (κ3) is 1.94. The summed E-state index contributed by atoms with van der Waals surface area (Å²) in [5.41, 5.74) is 0. The third-order valence-corrected chi connectivity index (χ3v) is 2.01. The van der Waals surface area contributed by atoms with Crippen LogP contribution in [0.3, 0.4) is 0 Å². The van der Waals surface area contributed by atoms with Crippen molar-refractivity contribution < 1.29 is 2.74 Å². The second kappa shape index (κ2) is 3.55. The summed E-state index contributed by atoms with van der Waals surface area (Å²) in [6.07, 6.45) is 3.16. The number of halogens is 2. The monoisotopic (exact) mass is 304 g/mol. The van der Waals surface area contributed by atoms with Crippen molar-refractivity contribution in [1.82, 2.24) is 19.7 Å². The summed E-state index contributed by atoms with van der Waals surface area (Å²) in [4.78, 5) is 7.96. The van der Waals surface area contributed by atoms with Crippen LogP contribution in [-0.4, -0.2) is 19.7 Å². The molecule has 13 heavy (non-hydrogen) atoms. The maximum absolute atomic E-state index is 7.65. The maximum atomic E-state index is 7.65. The van der Waals surface area contributed by atoms with Crippen LogP contribution in [0.15, 0.2) is 33.7 Å². The SMILES string of the molecule is [2H]c1nn(-c2ncc(Br)cn2)c([2H])c1Br. The van der Waals surface area contributed by atoms with Crippen LogP contribution in [0, 0.1) is 0 Å². The maximum Gasteiger partial charge on any atom is 0.250 e. The van der Waals surface area contributed by atoms with Gasteiger partial charge in [-0.2, -0.15) is 5.10 Å². The molecule has 2 aromatic heterocycles. The van der Waals surface area contributed by atoms with Crippen LogP contribution in [0.25, 0.3) is 5.95 Å². The van der Waals surface area contributed by atoms with Crippen molar-refractivity contribution in [3.63, 3.8) is 0 Å². The third-order valence-electron chi connectivity index (χ3n) is 1.25. The first-order valence-electron chi connectivity index (χ1n) is 4.29. The van der Waals surface area contributed by atoms with Crippen LogP contribution >= 0.6 is 31.9 Å². The van der Waals surface area contributed by atoms with E-state index in [0.717, 1.165) is 4.47 Å². The molecular weight excluding hydrogens is 300 g/mol. The standard InChI is InChI=1S/C7H4Br2N4/c8-5-1-10-7(11-2-5)13-4-6(9)3-12-13/h1-4H/i3D,4D. The molecular formula is C7H4Br2N4. The first-order chi connectivity index (χ1) is 7.09. The number of hydrogen-bond donors (Lipinski definition) is 0. The molecule has 0 saturated carbocycles. The van der Waals surface area contributed by atoms with Crippen LogP contribution in [-0.2, 0) is 0 Å². The molecule has 0 bridgehead atoms. The highest BCUT2D eigenvalue weighted by molar-refractivity contribution is 9.10. The predicted molar refractivity (Wildman–Crippen MR) is 54.6 cm³/mol. The van der Waals surface area contributed by atoms with Gasteiger partial charge >= 0.3 is 0 Å². The van der Waals surface area contributed by atoms with Gasteiger partial charge in [0.25, 0.3) is 5.95 Å². The zero-order valence-electron chi connectivity index (χ0n) is 8.20. The van der Waals surface area contributed by atoms with Crippen LogP contribution in [0.5, 0.6) is 0 Å². The Morgan fingerprint density at radius 1 is 1.23 bits per heavy atom. The fourth-order valence-corrected chi connectivity index (χ4v) is 1.20. The molecule has 0 amide bonds. The molecule has 0 atom stereocenters. The van der Waals surface area contributed by atoms with E-state index in [1.165, 1.54) is 4.68 Å². The summed E-state index contributed by atoms with van der Waals surface area (Å²) >= 11 is 6.30. The topological polar surface area (TPSA) is 43.6 Å². The fraction of sp³-hybridized carbons (Fsp3) is 0. The number of hydrogen-bond acceptors (Lipinski definition) is 3. The highest BCUT2D eigenvalue weighted by Gasteiger charge is 2.00. The van der Waals surface area contributed by atoms with E-state index in [1.54, 1.807) is 12.4 Å². The minimum absolute atomic E-state index is 0.00785. The molecule has 0 unspecified atom stereocenters. The minimum Gasteiger partial charge on any atom is -0.218 e. The molecule has 0 saturated heterocycles. The summed E-state index contributed by atoms with van der Waals surface area (Å²) in [6.45, 7) is 0. The lowest BCUT2D eigenvalue weighted by Gasteiger charge is -1.96. The Morgan fingerprint density at radius 2 is 1.92 bits per heavy atom. The molecule has 0 aliphatic heterocycles. The molecule has 0 spiro atoms. The smallest absolute Gasteiger partial charge is 0.218 e. The van der Waals surface area contributed by atoms with Gasteiger partial charge in [-0.3, -0.25) is 0 Å². The Bertz CT molecular complexity index is 496. The summed E-state index contributed by atoms with van der Waals surface area (Å²) in [7, 11) is 0. The van der Waals surface area contributed by atoms with Crippen molar-refractivity contribution in [2.24, 2.45) is 0 Å². The van der Waals surface area contributed by atoms with Gasteiger partial charge in [-0.25, -0.2) is 14.6 Å². The van der Waals surface area contributed by atoms with E-state index < -0.39 is 0 Å². The van der Waals surface area contributed by atoms with E-state index in [-0.39, 0.29) is 18.3 Å². The summed E-state index contributed by atoms with van der Waals surface area (Å²) in [5, 5.41) is 3.82. The van der Waals surface area contributed by atoms with Gasteiger partial charge in [-0.05, 0) is 31.9 Å². The lowest BCUT2D eigenvalue weighted by molar-refractivity contribution is 0.806. The van der Waals surface area contributed by atoms with Gasteiger partial charge in [0.1, 0.15) is 0 Å². The number of aromatic nitrogens is 4. The van der Waals surface area contributed by atoms with E-state index in [9.17, 15) is 0 Å². The Labute approximate surface area is 94.1 Å². The molecule has 0 radical (unpaired) electrons. The minimum atomic E-state index is -0.00785. The molecule has 6 heteroatoms. The lowest BCUT2D eigenvalue weighted by Crippen LogP contribution is -2.00. The van der Waals surface area contributed by atoms with Gasteiger partial charge in [0.2, 0.25) is 0 Å². The first kappa shape index (κ1) is 6.67. The molecule has 0 fully saturated rings. The highest BCUT2D eigenvalue weighted by atomic mass is 79.9. The molecule has 4 nitrogen and oxygen atoms in total. The second-order valence-electron chi connectivity index (χ2n) is 2.15. The largest absolute Gasteiger partial charge is 0.250 e. The second-order valence-corrected chi connectivity index (χ2v) is 3.86. The van der Waals surface area contributed by atoms with E-state index in [0.29, 0.717) is 4.47 Å². The summed E-state index contributed by atoms with van der Waals surface area (Å²) < 4.78 is 17.3. The van der Waals surface area contributed by atoms with Crippen LogP contribution < -0.4 is 0 Å². The zero-order chi connectivity index (χ0) is 11.0. The van der Waals surface area contributed by atoms with Gasteiger partial charge in [0.15, 0.2) is 0 Å². The average molecular weight is 306 g/mol. The van der Waals surface area contributed by atoms with Gasteiger partial charge in [0.05, 0.1) is 17.9 Å². The molecule has 2 aromatic rings. The van der Waals surface area contributed by atoms with E-state index in [4.69, 9.17) is 2.74 Å². The van der Waals surface area contributed by atoms with E-state index in [2.05, 4.69) is 46.9 Å². The highest BCUT2D eigenvalue weighted by Crippen LogP contribution is 2.10. The molecule has 0 N–H and O–H groups in total. The van der Waals surface area contributed by atoms with Crippen molar-refractivity contribution in [2.75, 3.05) is 0 Å². The quantitative estimate of drug-likeness (QED) is 0.811. The van der Waals surface area contributed by atoms with Crippen LogP contribution in [0.4, 0.5) is 0 Å². The van der Waals surface area contributed by atoms with Gasteiger partial charge in [-0.1, -0.05) is 0 Å². The fourth-order valence-electron chi connectivity index (χ4n) is 0.746. The molecule has 0 aromatic carbocycles. The average Bonchev–Trinajstić information content (AvgIpc) is 2.47. The molecule has 0 aliphatic rings. The molecule has 66 valence electrons. The molecule has 0 aliphatic carbocycles. The van der Waals surface area contributed by atoms with Crippen LogP contribution in [0.2, 0.25) is 0 Å². The summed E-state index contributed by atoms with van der Waals surface area (Å²) in [5.74, 6) is 0.266. The molecule has 2 rings (SSSR count). The van der Waals surface area contributed by atoms with Crippen LogP contribution in [0.1, 0.15) is 2.74 Å². The number of rotatable bonds is 1. The lowest BCUT2D eigenvalue weighted by atomic mass is 10.7. The Morgan fingerprint density at radius 3 is 2.46 bits per heavy atom. The van der Waals surface area contributed by atoms with Crippen molar-refractivity contribution in [3.05, 3.63) is 33.7 Å². The predicted octanol–water partition coefficient (Wildman–Crippen LogP) is 2.19. The molecule has 2 heterocycles. The van der Waals surface area contributed by atoms with E-state index in [1.807, 2.05) is 0 Å².